The largest absolute Gasteiger partial charge is 0.408 e. The van der Waals surface area contributed by atoms with Crippen LogP contribution in [0.5, 0.6) is 0 Å². The molecule has 0 spiro atoms. The van der Waals surface area contributed by atoms with Crippen LogP contribution in [0, 0.1) is 16.7 Å². The molecule has 5 nitrogen and oxygen atoms in total. The quantitative estimate of drug-likeness (QED) is 0.419. The molecule has 2 atom stereocenters. The Bertz CT molecular complexity index is 1280. The fourth-order valence-electron chi connectivity index (χ4n) is 4.07. The molecular weight excluding hydrogens is 431 g/mol. The van der Waals surface area contributed by atoms with Gasteiger partial charge in [0.25, 0.3) is 0 Å². The van der Waals surface area contributed by atoms with E-state index < -0.39 is 14.7 Å². The van der Waals surface area contributed by atoms with Gasteiger partial charge in [0, 0.05) is 23.8 Å². The van der Waals surface area contributed by atoms with E-state index in [4.69, 9.17) is 9.41 Å². The zero-order valence-corrected chi connectivity index (χ0v) is 20.6. The van der Waals surface area contributed by atoms with Gasteiger partial charge in [-0.3, -0.25) is 4.40 Å². The van der Waals surface area contributed by atoms with E-state index in [1.54, 1.807) is 24.4 Å². The van der Waals surface area contributed by atoms with E-state index in [-0.39, 0.29) is 17.9 Å². The van der Waals surface area contributed by atoms with Crippen molar-refractivity contribution in [2.75, 3.05) is 0 Å². The topological polar surface area (TPSA) is 63.2 Å². The monoisotopic (exact) mass is 459 g/mol. The summed E-state index contributed by atoms with van der Waals surface area (Å²) in [7, 11) is -0.911. The molecule has 3 aromatic rings. The number of aromatic nitrogens is 3. The summed E-state index contributed by atoms with van der Waals surface area (Å²) in [5, 5.41) is 9.43. The number of benzene rings is 1. The van der Waals surface area contributed by atoms with Crippen molar-refractivity contribution in [2.45, 2.75) is 52.1 Å². The van der Waals surface area contributed by atoms with Gasteiger partial charge in [-0.1, -0.05) is 57.2 Å². The van der Waals surface area contributed by atoms with Crippen LogP contribution in [-0.4, -0.2) is 29.1 Å². The molecule has 2 heterocycles. The molecular formula is C26H28FN4OSi. The van der Waals surface area contributed by atoms with Crippen molar-refractivity contribution >= 4 is 20.4 Å². The standard InChI is InChI=1S/C26H28FN4OSi/c1-25(2,3)23(32-33(4)5)21-12-14-31-22(16-29-24(31)30-21)19-10-8-9-18(15-19)20-11-6-7-13-26(20,27)17-28/h6-12,14-16,23H,13H2,1-5H3. The van der Waals surface area contributed by atoms with Crippen LogP contribution in [-0.2, 0) is 4.43 Å². The lowest BCUT2D eigenvalue weighted by Crippen LogP contribution is -2.26. The SMILES string of the molecule is C[Si](C)OC(c1ccn2c(-c3cccc(C4=CC=CCC4(F)C#N)c3)cnc2n1)C(C)(C)C. The molecule has 0 bridgehead atoms. The van der Waals surface area contributed by atoms with Crippen molar-refractivity contribution in [3.05, 3.63) is 72.2 Å². The molecule has 1 aliphatic rings. The highest BCUT2D eigenvalue weighted by molar-refractivity contribution is 6.48. The molecule has 2 unspecified atom stereocenters. The number of alkyl halides is 1. The normalized spacial score (nSPS) is 19.5. The van der Waals surface area contributed by atoms with Crippen LogP contribution in [0.1, 0.15) is 44.6 Å². The number of nitriles is 1. The molecule has 4 rings (SSSR count). The molecule has 0 N–H and O–H groups in total. The summed E-state index contributed by atoms with van der Waals surface area (Å²) in [6.45, 7) is 10.7. The van der Waals surface area contributed by atoms with E-state index in [9.17, 15) is 5.26 Å². The summed E-state index contributed by atoms with van der Waals surface area (Å²) in [5.41, 5.74) is 1.53. The number of fused-ring (bicyclic) bond motifs is 1. The van der Waals surface area contributed by atoms with Crippen molar-refractivity contribution in [3.63, 3.8) is 0 Å². The Morgan fingerprint density at radius 3 is 2.70 bits per heavy atom. The van der Waals surface area contributed by atoms with Crippen LogP contribution in [0.4, 0.5) is 4.39 Å². The second-order valence-electron chi connectivity index (χ2n) is 9.64. The number of rotatable bonds is 5. The Labute approximate surface area is 196 Å². The van der Waals surface area contributed by atoms with Gasteiger partial charge in [0.15, 0.2) is 0 Å². The Morgan fingerprint density at radius 1 is 1.24 bits per heavy atom. The Hall–Kier alpha value is -3.08. The van der Waals surface area contributed by atoms with Crippen LogP contribution < -0.4 is 0 Å². The second-order valence-corrected chi connectivity index (χ2v) is 11.7. The molecule has 0 amide bonds. The van der Waals surface area contributed by atoms with E-state index in [2.05, 4.69) is 38.8 Å². The molecule has 1 aromatic carbocycles. The fraction of sp³-hybridized carbons (Fsp3) is 0.346. The molecule has 7 heteroatoms. The zero-order valence-electron chi connectivity index (χ0n) is 19.6. The van der Waals surface area contributed by atoms with Crippen LogP contribution in [0.3, 0.4) is 0 Å². The van der Waals surface area contributed by atoms with E-state index in [1.807, 2.05) is 47.0 Å². The van der Waals surface area contributed by atoms with Crippen molar-refractivity contribution in [1.82, 2.24) is 14.4 Å². The highest BCUT2D eigenvalue weighted by Crippen LogP contribution is 2.38. The average molecular weight is 460 g/mol. The lowest BCUT2D eigenvalue weighted by molar-refractivity contribution is 0.0828. The predicted molar refractivity (Wildman–Crippen MR) is 130 cm³/mol. The first kappa shape index (κ1) is 23.1. The van der Waals surface area contributed by atoms with Crippen LogP contribution in [0.25, 0.3) is 22.6 Å². The van der Waals surface area contributed by atoms with Gasteiger partial charge in [-0.25, -0.2) is 14.4 Å². The third-order valence-corrected chi connectivity index (χ3v) is 6.39. The summed E-state index contributed by atoms with van der Waals surface area (Å²) in [6, 6.07) is 11.4. The molecule has 0 aliphatic heterocycles. The number of hydrogen-bond acceptors (Lipinski definition) is 4. The zero-order chi connectivity index (χ0) is 23.8. The summed E-state index contributed by atoms with van der Waals surface area (Å²) in [5.74, 6) is 0.586. The molecule has 0 fully saturated rings. The lowest BCUT2D eigenvalue weighted by atomic mass is 9.84. The summed E-state index contributed by atoms with van der Waals surface area (Å²) in [4.78, 5) is 9.35. The summed E-state index contributed by atoms with van der Waals surface area (Å²) in [6.07, 6.45) is 8.82. The Morgan fingerprint density at radius 2 is 2.00 bits per heavy atom. The maximum absolute atomic E-state index is 15.2. The van der Waals surface area contributed by atoms with Gasteiger partial charge >= 0.3 is 0 Å². The maximum atomic E-state index is 15.2. The predicted octanol–water partition coefficient (Wildman–Crippen LogP) is 6.33. The third kappa shape index (κ3) is 4.54. The van der Waals surface area contributed by atoms with E-state index >= 15 is 4.39 Å². The van der Waals surface area contributed by atoms with Gasteiger partial charge in [-0.2, -0.15) is 5.26 Å². The minimum Gasteiger partial charge on any atom is -0.408 e. The van der Waals surface area contributed by atoms with Crippen LogP contribution >= 0.6 is 0 Å². The van der Waals surface area contributed by atoms with Gasteiger partial charge in [0.2, 0.25) is 20.5 Å². The fourth-order valence-corrected chi connectivity index (χ4v) is 5.02. The second kappa shape index (κ2) is 8.69. The van der Waals surface area contributed by atoms with E-state index in [1.165, 1.54) is 0 Å². The van der Waals surface area contributed by atoms with Gasteiger partial charge in [-0.15, -0.1) is 0 Å². The summed E-state index contributed by atoms with van der Waals surface area (Å²) >= 11 is 0. The smallest absolute Gasteiger partial charge is 0.234 e. The highest BCUT2D eigenvalue weighted by atomic mass is 28.3. The van der Waals surface area contributed by atoms with E-state index in [0.29, 0.717) is 16.9 Å². The number of halogens is 1. The number of imidazole rings is 1. The number of allylic oxidation sites excluding steroid dienone is 4. The van der Waals surface area contributed by atoms with Crippen molar-refractivity contribution in [2.24, 2.45) is 5.41 Å². The van der Waals surface area contributed by atoms with E-state index in [0.717, 1.165) is 17.0 Å². The molecule has 2 aromatic heterocycles. The lowest BCUT2D eigenvalue weighted by Gasteiger charge is -2.31. The Balaban J connectivity index is 1.74. The minimum absolute atomic E-state index is 0.0529. The van der Waals surface area contributed by atoms with Crippen LogP contribution in [0.15, 0.2) is 61.0 Å². The number of nitrogens with zero attached hydrogens (tertiary/aromatic N) is 4. The Kier molecular flexibility index (Phi) is 6.08. The maximum Gasteiger partial charge on any atom is 0.234 e. The first-order valence-corrected chi connectivity index (χ1v) is 13.4. The van der Waals surface area contributed by atoms with Gasteiger partial charge < -0.3 is 4.43 Å². The van der Waals surface area contributed by atoms with Crippen molar-refractivity contribution in [1.29, 1.82) is 5.26 Å². The third-order valence-electron chi connectivity index (χ3n) is 5.68. The molecule has 1 radical (unpaired) electrons. The average Bonchev–Trinajstić information content (AvgIpc) is 3.20. The molecule has 0 saturated carbocycles. The van der Waals surface area contributed by atoms with Gasteiger partial charge in [0.05, 0.1) is 23.7 Å². The highest BCUT2D eigenvalue weighted by Gasteiger charge is 2.35. The summed E-state index contributed by atoms with van der Waals surface area (Å²) < 4.78 is 23.4. The minimum atomic E-state index is -2.02. The van der Waals surface area contributed by atoms with Gasteiger partial charge in [0.1, 0.15) is 6.07 Å². The number of hydrogen-bond donors (Lipinski definition) is 0. The van der Waals surface area contributed by atoms with Crippen molar-refractivity contribution in [3.8, 4) is 17.3 Å². The molecule has 0 saturated heterocycles. The molecule has 169 valence electrons. The molecule has 33 heavy (non-hydrogen) atoms. The van der Waals surface area contributed by atoms with Crippen LogP contribution in [0.2, 0.25) is 13.1 Å². The first-order valence-electron chi connectivity index (χ1n) is 11.0. The van der Waals surface area contributed by atoms with Gasteiger partial charge in [-0.05, 0) is 36.2 Å². The molecule has 1 aliphatic carbocycles. The van der Waals surface area contributed by atoms with Crippen molar-refractivity contribution < 1.29 is 8.82 Å². The first-order chi connectivity index (χ1) is 15.6.